The molecule has 3 atom stereocenters. The fraction of sp³-hybridized carbons (Fsp3) is 0.600. The third-order valence-electron chi connectivity index (χ3n) is 3.72. The van der Waals surface area contributed by atoms with Crippen LogP contribution in [0.15, 0.2) is 30.3 Å². The van der Waals surface area contributed by atoms with Gasteiger partial charge in [0.15, 0.2) is 0 Å². The summed E-state index contributed by atoms with van der Waals surface area (Å²) in [5.74, 6) is 0.00365. The van der Waals surface area contributed by atoms with Gasteiger partial charge in [-0.2, -0.15) is 4.31 Å². The van der Waals surface area contributed by atoms with Crippen LogP contribution in [-0.2, 0) is 14.8 Å². The number of morpholine rings is 1. The predicted octanol–water partition coefficient (Wildman–Crippen LogP) is 1.20. The van der Waals surface area contributed by atoms with Crippen molar-refractivity contribution in [2.24, 2.45) is 0 Å². The first-order valence-electron chi connectivity index (χ1n) is 7.21. The van der Waals surface area contributed by atoms with Crippen molar-refractivity contribution >= 4 is 10.0 Å². The Morgan fingerprint density at radius 3 is 2.62 bits per heavy atom. The molecular weight excluding hydrogens is 290 g/mol. The Morgan fingerprint density at radius 1 is 1.33 bits per heavy atom. The van der Waals surface area contributed by atoms with E-state index in [-0.39, 0.29) is 30.9 Å². The molecule has 1 aromatic rings. The molecular formula is C15H23NO4S. The minimum Gasteiger partial charge on any atom is -0.394 e. The largest absolute Gasteiger partial charge is 0.394 e. The first-order valence-corrected chi connectivity index (χ1v) is 8.82. The lowest BCUT2D eigenvalue weighted by molar-refractivity contribution is -0.0750. The molecule has 1 aliphatic rings. The fourth-order valence-corrected chi connectivity index (χ4v) is 4.50. The molecule has 0 radical (unpaired) electrons. The van der Waals surface area contributed by atoms with Crippen LogP contribution >= 0.6 is 0 Å². The van der Waals surface area contributed by atoms with Gasteiger partial charge in [0.1, 0.15) is 0 Å². The second-order valence-electron chi connectivity index (χ2n) is 5.66. The van der Waals surface area contributed by atoms with Crippen molar-refractivity contribution in [2.45, 2.75) is 32.0 Å². The van der Waals surface area contributed by atoms with E-state index < -0.39 is 16.1 Å². The van der Waals surface area contributed by atoms with E-state index in [0.717, 1.165) is 5.56 Å². The highest BCUT2D eigenvalue weighted by molar-refractivity contribution is 7.89. The van der Waals surface area contributed by atoms with Gasteiger partial charge in [-0.05, 0) is 18.4 Å². The van der Waals surface area contributed by atoms with E-state index in [1.54, 1.807) is 0 Å². The molecule has 0 aromatic heterocycles. The number of sulfonamides is 1. The Morgan fingerprint density at radius 2 is 2.00 bits per heavy atom. The van der Waals surface area contributed by atoms with Crippen LogP contribution in [0.4, 0.5) is 0 Å². The van der Waals surface area contributed by atoms with E-state index in [4.69, 9.17) is 4.74 Å². The minimum absolute atomic E-state index is 0.0677. The molecule has 21 heavy (non-hydrogen) atoms. The van der Waals surface area contributed by atoms with Gasteiger partial charge < -0.3 is 9.84 Å². The molecule has 0 amide bonds. The SMILES string of the molecule is CC1CN(S(=O)(=O)CC(C)c2ccccc2)CC(CO)O1. The lowest BCUT2D eigenvalue weighted by Gasteiger charge is -2.35. The smallest absolute Gasteiger partial charge is 0.214 e. The van der Waals surface area contributed by atoms with E-state index in [9.17, 15) is 13.5 Å². The first kappa shape index (κ1) is 16.4. The van der Waals surface area contributed by atoms with Gasteiger partial charge >= 0.3 is 0 Å². The summed E-state index contributed by atoms with van der Waals surface area (Å²) in [5, 5.41) is 9.21. The van der Waals surface area contributed by atoms with E-state index in [1.807, 2.05) is 44.2 Å². The van der Waals surface area contributed by atoms with Gasteiger partial charge in [-0.1, -0.05) is 37.3 Å². The summed E-state index contributed by atoms with van der Waals surface area (Å²) in [5.41, 5.74) is 1.01. The average Bonchev–Trinajstić information content (AvgIpc) is 2.47. The Balaban J connectivity index is 2.07. The zero-order valence-electron chi connectivity index (χ0n) is 12.5. The molecule has 3 unspecified atom stereocenters. The van der Waals surface area contributed by atoms with Crippen LogP contribution in [0.5, 0.6) is 0 Å². The Bertz CT molecular complexity index is 546. The number of hydrogen-bond donors (Lipinski definition) is 1. The molecule has 0 bridgehead atoms. The van der Waals surface area contributed by atoms with Crippen LogP contribution in [0.3, 0.4) is 0 Å². The van der Waals surface area contributed by atoms with Crippen molar-refractivity contribution in [3.8, 4) is 0 Å². The lowest BCUT2D eigenvalue weighted by Crippen LogP contribution is -2.51. The highest BCUT2D eigenvalue weighted by atomic mass is 32.2. The number of nitrogens with zero attached hydrogens (tertiary/aromatic N) is 1. The van der Waals surface area contributed by atoms with E-state index in [2.05, 4.69) is 0 Å². The highest BCUT2D eigenvalue weighted by Gasteiger charge is 2.33. The van der Waals surface area contributed by atoms with Crippen molar-refractivity contribution in [3.63, 3.8) is 0 Å². The van der Waals surface area contributed by atoms with Crippen LogP contribution in [0.2, 0.25) is 0 Å². The summed E-state index contributed by atoms with van der Waals surface area (Å²) in [6, 6.07) is 9.63. The number of hydrogen-bond acceptors (Lipinski definition) is 4. The molecule has 5 nitrogen and oxygen atoms in total. The number of aliphatic hydroxyl groups is 1. The maximum Gasteiger partial charge on any atom is 0.214 e. The van der Waals surface area contributed by atoms with E-state index >= 15 is 0 Å². The molecule has 1 aromatic carbocycles. The third kappa shape index (κ3) is 4.26. The molecule has 2 rings (SSSR count). The normalized spacial score (nSPS) is 25.7. The van der Waals surface area contributed by atoms with Crippen LogP contribution < -0.4 is 0 Å². The first-order chi connectivity index (χ1) is 9.92. The maximum absolute atomic E-state index is 12.6. The highest BCUT2D eigenvalue weighted by Crippen LogP contribution is 2.21. The van der Waals surface area contributed by atoms with Gasteiger partial charge in [0.2, 0.25) is 10.0 Å². The van der Waals surface area contributed by atoms with Gasteiger partial charge in [0, 0.05) is 13.1 Å². The minimum atomic E-state index is -3.36. The Labute approximate surface area is 126 Å². The summed E-state index contributed by atoms with van der Waals surface area (Å²) in [6.45, 7) is 4.15. The number of rotatable bonds is 5. The third-order valence-corrected chi connectivity index (χ3v) is 5.73. The van der Waals surface area contributed by atoms with Gasteiger partial charge in [-0.3, -0.25) is 0 Å². The Kier molecular flexibility index (Phi) is 5.37. The van der Waals surface area contributed by atoms with Crippen molar-refractivity contribution in [2.75, 3.05) is 25.4 Å². The van der Waals surface area contributed by atoms with Crippen molar-refractivity contribution in [1.82, 2.24) is 4.31 Å². The van der Waals surface area contributed by atoms with E-state index in [1.165, 1.54) is 4.31 Å². The summed E-state index contributed by atoms with van der Waals surface area (Å²) in [7, 11) is -3.36. The molecule has 1 fully saturated rings. The standard InChI is InChI=1S/C15H23NO4S/c1-12(14-6-4-3-5-7-14)11-21(18,19)16-8-13(2)20-15(9-16)10-17/h3-7,12-13,15,17H,8-11H2,1-2H3. The second-order valence-corrected chi connectivity index (χ2v) is 7.67. The summed E-state index contributed by atoms with van der Waals surface area (Å²) >= 11 is 0. The molecule has 118 valence electrons. The monoisotopic (exact) mass is 313 g/mol. The predicted molar refractivity (Wildman–Crippen MR) is 81.6 cm³/mol. The summed E-state index contributed by atoms with van der Waals surface area (Å²) in [4.78, 5) is 0. The van der Waals surface area contributed by atoms with Crippen molar-refractivity contribution in [1.29, 1.82) is 0 Å². The van der Waals surface area contributed by atoms with Crippen molar-refractivity contribution in [3.05, 3.63) is 35.9 Å². The fourth-order valence-electron chi connectivity index (χ4n) is 2.63. The van der Waals surface area contributed by atoms with Gasteiger partial charge in [-0.25, -0.2) is 8.42 Å². The van der Waals surface area contributed by atoms with Crippen LogP contribution in [-0.4, -0.2) is 55.5 Å². The van der Waals surface area contributed by atoms with Crippen molar-refractivity contribution < 1.29 is 18.3 Å². The van der Waals surface area contributed by atoms with E-state index in [0.29, 0.717) is 6.54 Å². The maximum atomic E-state index is 12.6. The number of benzene rings is 1. The van der Waals surface area contributed by atoms with Crippen LogP contribution in [0.25, 0.3) is 0 Å². The molecule has 0 aliphatic carbocycles. The topological polar surface area (TPSA) is 66.8 Å². The van der Waals surface area contributed by atoms with Crippen LogP contribution in [0.1, 0.15) is 25.3 Å². The van der Waals surface area contributed by atoms with Gasteiger partial charge in [0.05, 0.1) is 24.6 Å². The lowest BCUT2D eigenvalue weighted by atomic mass is 10.0. The number of aliphatic hydroxyl groups excluding tert-OH is 1. The second kappa shape index (κ2) is 6.87. The molecule has 1 saturated heterocycles. The molecule has 0 spiro atoms. The number of ether oxygens (including phenoxy) is 1. The van der Waals surface area contributed by atoms with Gasteiger partial charge in [0.25, 0.3) is 0 Å². The zero-order chi connectivity index (χ0) is 15.5. The molecule has 0 saturated carbocycles. The zero-order valence-corrected chi connectivity index (χ0v) is 13.3. The van der Waals surface area contributed by atoms with Gasteiger partial charge in [-0.15, -0.1) is 0 Å². The van der Waals surface area contributed by atoms with Crippen LogP contribution in [0, 0.1) is 0 Å². The molecule has 1 N–H and O–H groups in total. The summed E-state index contributed by atoms with van der Waals surface area (Å²) < 4.78 is 32.1. The molecule has 6 heteroatoms. The Hall–Kier alpha value is -0.950. The average molecular weight is 313 g/mol. The molecule has 1 heterocycles. The quantitative estimate of drug-likeness (QED) is 0.887. The molecule has 1 aliphatic heterocycles. The summed E-state index contributed by atoms with van der Waals surface area (Å²) in [6.07, 6.45) is -0.631.